The van der Waals surface area contributed by atoms with E-state index in [4.69, 9.17) is 10.8 Å². The molecule has 1 aromatic carbocycles. The van der Waals surface area contributed by atoms with Crippen LogP contribution in [0.2, 0.25) is 0 Å². The van der Waals surface area contributed by atoms with Crippen LogP contribution < -0.4 is 10.5 Å². The molecule has 1 aromatic rings. The molecule has 6 heteroatoms. The molecule has 0 saturated heterocycles. The van der Waals surface area contributed by atoms with Gasteiger partial charge in [-0.3, -0.25) is 0 Å². The normalized spacial score (nSPS) is 11.6. The van der Waals surface area contributed by atoms with E-state index < -0.39 is 10.0 Å². The standard InChI is InChI=1S/C10H16N2O3S/c1-8-7-9(11)3-4-10(8)16(14,15)12-5-2-6-13/h3-4,7,12-13H,2,5-6,11H2,1H3. The molecule has 0 aromatic heterocycles. The van der Waals surface area contributed by atoms with Crippen molar-refractivity contribution in [3.8, 4) is 0 Å². The Hall–Kier alpha value is -1.11. The molecule has 0 aliphatic heterocycles. The molecule has 0 amide bonds. The predicted octanol–water partition coefficient (Wildman–Crippen LogP) is 0.238. The van der Waals surface area contributed by atoms with Gasteiger partial charge in [0.1, 0.15) is 0 Å². The smallest absolute Gasteiger partial charge is 0.240 e. The van der Waals surface area contributed by atoms with Crippen molar-refractivity contribution in [2.24, 2.45) is 0 Å². The van der Waals surface area contributed by atoms with Gasteiger partial charge in [-0.25, -0.2) is 13.1 Å². The molecule has 90 valence electrons. The van der Waals surface area contributed by atoms with Gasteiger partial charge in [-0.1, -0.05) is 0 Å². The molecule has 0 heterocycles. The van der Waals surface area contributed by atoms with Gasteiger partial charge in [0, 0.05) is 18.8 Å². The Bertz CT molecular complexity index is 457. The van der Waals surface area contributed by atoms with Gasteiger partial charge in [-0.05, 0) is 37.1 Å². The summed E-state index contributed by atoms with van der Waals surface area (Å²) in [6.45, 7) is 1.88. The number of nitrogens with one attached hydrogen (secondary N) is 1. The van der Waals surface area contributed by atoms with Crippen molar-refractivity contribution < 1.29 is 13.5 Å². The van der Waals surface area contributed by atoms with Crippen molar-refractivity contribution in [2.75, 3.05) is 18.9 Å². The van der Waals surface area contributed by atoms with Crippen molar-refractivity contribution in [1.82, 2.24) is 4.72 Å². The lowest BCUT2D eigenvalue weighted by atomic mass is 10.2. The number of rotatable bonds is 5. The van der Waals surface area contributed by atoms with Gasteiger partial charge in [0.05, 0.1) is 4.90 Å². The number of aliphatic hydroxyl groups excluding tert-OH is 1. The fraction of sp³-hybridized carbons (Fsp3) is 0.400. The molecule has 0 atom stereocenters. The highest BCUT2D eigenvalue weighted by molar-refractivity contribution is 7.89. The molecule has 0 fully saturated rings. The van der Waals surface area contributed by atoms with Crippen LogP contribution in [0.4, 0.5) is 5.69 Å². The number of aliphatic hydroxyl groups is 1. The molecule has 0 aliphatic rings. The van der Waals surface area contributed by atoms with Crippen LogP contribution in [0.1, 0.15) is 12.0 Å². The van der Waals surface area contributed by atoms with Crippen LogP contribution in [-0.2, 0) is 10.0 Å². The zero-order valence-corrected chi connectivity index (χ0v) is 9.92. The lowest BCUT2D eigenvalue weighted by Gasteiger charge is -2.09. The zero-order chi connectivity index (χ0) is 12.2. The number of hydrogen-bond acceptors (Lipinski definition) is 4. The van der Waals surface area contributed by atoms with Gasteiger partial charge in [0.25, 0.3) is 0 Å². The molecule has 0 unspecified atom stereocenters. The summed E-state index contributed by atoms with van der Waals surface area (Å²) in [6.07, 6.45) is 0.396. The predicted molar refractivity (Wildman–Crippen MR) is 62.5 cm³/mol. The second kappa shape index (κ2) is 5.29. The maximum absolute atomic E-state index is 11.8. The maximum atomic E-state index is 11.8. The molecule has 1 rings (SSSR count). The highest BCUT2D eigenvalue weighted by Gasteiger charge is 2.15. The molecule has 16 heavy (non-hydrogen) atoms. The van der Waals surface area contributed by atoms with Crippen LogP contribution in [0.3, 0.4) is 0 Å². The van der Waals surface area contributed by atoms with Crippen LogP contribution >= 0.6 is 0 Å². The molecule has 0 saturated carbocycles. The Morgan fingerprint density at radius 3 is 2.69 bits per heavy atom. The minimum atomic E-state index is -3.50. The number of benzene rings is 1. The summed E-state index contributed by atoms with van der Waals surface area (Å²) < 4.78 is 26.0. The van der Waals surface area contributed by atoms with E-state index in [-0.39, 0.29) is 18.0 Å². The van der Waals surface area contributed by atoms with Crippen molar-refractivity contribution in [2.45, 2.75) is 18.2 Å². The Labute approximate surface area is 95.3 Å². The molecule has 0 aliphatic carbocycles. The molecule has 0 spiro atoms. The van der Waals surface area contributed by atoms with E-state index >= 15 is 0 Å². The third kappa shape index (κ3) is 3.19. The van der Waals surface area contributed by atoms with Crippen molar-refractivity contribution in [3.05, 3.63) is 23.8 Å². The first-order valence-corrected chi connectivity index (χ1v) is 6.42. The Balaban J connectivity index is 2.90. The van der Waals surface area contributed by atoms with Crippen LogP contribution in [0.5, 0.6) is 0 Å². The summed E-state index contributed by atoms with van der Waals surface area (Å²) in [7, 11) is -3.50. The van der Waals surface area contributed by atoms with E-state index in [9.17, 15) is 8.42 Å². The monoisotopic (exact) mass is 244 g/mol. The fourth-order valence-electron chi connectivity index (χ4n) is 1.34. The third-order valence-corrected chi connectivity index (χ3v) is 3.74. The van der Waals surface area contributed by atoms with Crippen molar-refractivity contribution in [1.29, 1.82) is 0 Å². The van der Waals surface area contributed by atoms with Gasteiger partial charge in [0.15, 0.2) is 0 Å². The molecule has 0 bridgehead atoms. The molecular weight excluding hydrogens is 228 g/mol. The van der Waals surface area contributed by atoms with E-state index in [2.05, 4.69) is 4.72 Å². The van der Waals surface area contributed by atoms with Crippen LogP contribution in [0.15, 0.2) is 23.1 Å². The van der Waals surface area contributed by atoms with Crippen LogP contribution in [-0.4, -0.2) is 26.7 Å². The molecule has 0 radical (unpaired) electrons. The first kappa shape index (κ1) is 13.0. The summed E-state index contributed by atoms with van der Waals surface area (Å²) >= 11 is 0. The summed E-state index contributed by atoms with van der Waals surface area (Å²) in [5, 5.41) is 8.57. The topological polar surface area (TPSA) is 92.4 Å². The minimum Gasteiger partial charge on any atom is -0.399 e. The van der Waals surface area contributed by atoms with E-state index in [1.807, 2.05) is 0 Å². The zero-order valence-electron chi connectivity index (χ0n) is 9.10. The quantitative estimate of drug-likeness (QED) is 0.511. The number of anilines is 1. The van der Waals surface area contributed by atoms with Gasteiger partial charge < -0.3 is 10.8 Å². The summed E-state index contributed by atoms with van der Waals surface area (Å²) in [5.74, 6) is 0. The number of sulfonamides is 1. The van der Waals surface area contributed by atoms with Gasteiger partial charge >= 0.3 is 0 Å². The lowest BCUT2D eigenvalue weighted by Crippen LogP contribution is -2.26. The average Bonchev–Trinajstić information content (AvgIpc) is 2.17. The minimum absolute atomic E-state index is 0.0385. The second-order valence-electron chi connectivity index (χ2n) is 3.50. The fourth-order valence-corrected chi connectivity index (χ4v) is 2.64. The molecule has 4 N–H and O–H groups in total. The van der Waals surface area contributed by atoms with Gasteiger partial charge in [-0.15, -0.1) is 0 Å². The Kier molecular flexibility index (Phi) is 4.28. The van der Waals surface area contributed by atoms with Gasteiger partial charge in [0.2, 0.25) is 10.0 Å². The summed E-state index contributed by atoms with van der Waals surface area (Å²) in [5.41, 5.74) is 6.69. The van der Waals surface area contributed by atoms with E-state index in [0.29, 0.717) is 17.7 Å². The van der Waals surface area contributed by atoms with Gasteiger partial charge in [-0.2, -0.15) is 0 Å². The highest BCUT2D eigenvalue weighted by Crippen LogP contribution is 2.17. The van der Waals surface area contributed by atoms with E-state index in [0.717, 1.165) is 0 Å². The number of nitrogen functional groups attached to an aromatic ring is 1. The molecular formula is C10H16N2O3S. The number of aryl methyl sites for hydroxylation is 1. The lowest BCUT2D eigenvalue weighted by molar-refractivity contribution is 0.289. The average molecular weight is 244 g/mol. The van der Waals surface area contributed by atoms with Crippen LogP contribution in [0.25, 0.3) is 0 Å². The first-order valence-electron chi connectivity index (χ1n) is 4.94. The van der Waals surface area contributed by atoms with Crippen molar-refractivity contribution in [3.63, 3.8) is 0 Å². The van der Waals surface area contributed by atoms with E-state index in [1.54, 1.807) is 19.1 Å². The first-order chi connectivity index (χ1) is 7.47. The SMILES string of the molecule is Cc1cc(N)ccc1S(=O)(=O)NCCCO. The maximum Gasteiger partial charge on any atom is 0.240 e. The Morgan fingerprint density at radius 1 is 1.44 bits per heavy atom. The second-order valence-corrected chi connectivity index (χ2v) is 5.24. The largest absolute Gasteiger partial charge is 0.399 e. The van der Waals surface area contributed by atoms with E-state index in [1.165, 1.54) is 6.07 Å². The highest BCUT2D eigenvalue weighted by atomic mass is 32.2. The third-order valence-electron chi connectivity index (χ3n) is 2.12. The number of nitrogens with two attached hydrogens (primary N) is 1. The molecule has 5 nitrogen and oxygen atoms in total. The number of hydrogen-bond donors (Lipinski definition) is 3. The summed E-state index contributed by atoms with van der Waals surface area (Å²) in [4.78, 5) is 0.222. The van der Waals surface area contributed by atoms with Crippen LogP contribution in [0, 0.1) is 6.92 Å². The Morgan fingerprint density at radius 2 is 2.12 bits per heavy atom. The van der Waals surface area contributed by atoms with Crippen molar-refractivity contribution >= 4 is 15.7 Å². The summed E-state index contributed by atoms with van der Waals surface area (Å²) in [6, 6.07) is 4.64.